The van der Waals surface area contributed by atoms with Crippen LogP contribution in [0.5, 0.6) is 0 Å². The van der Waals surface area contributed by atoms with Gasteiger partial charge in [0.25, 0.3) is 10.0 Å². The van der Waals surface area contributed by atoms with Crippen LogP contribution in [0.15, 0.2) is 53.4 Å². The predicted octanol–water partition coefficient (Wildman–Crippen LogP) is 2.53. The second-order valence-electron chi connectivity index (χ2n) is 7.20. The summed E-state index contributed by atoms with van der Waals surface area (Å²) in [5.41, 5.74) is 0.783. The van der Waals surface area contributed by atoms with Gasteiger partial charge in [0, 0.05) is 24.7 Å². The topological polar surface area (TPSA) is 121 Å². The largest absolute Gasteiger partial charge is 0.326 e. The number of rotatable bonds is 6. The average Bonchev–Trinajstić information content (AvgIpc) is 2.69. The van der Waals surface area contributed by atoms with Gasteiger partial charge in [0.1, 0.15) is 0 Å². The number of piperidine rings is 1. The van der Waals surface area contributed by atoms with Crippen LogP contribution in [0.4, 0.5) is 11.4 Å². The molecule has 2 aromatic carbocycles. The molecule has 0 aromatic heterocycles. The van der Waals surface area contributed by atoms with E-state index >= 15 is 0 Å². The zero-order valence-electron chi connectivity index (χ0n) is 16.7. The van der Waals surface area contributed by atoms with Gasteiger partial charge in [0.15, 0.2) is 0 Å². The molecule has 1 aliphatic heterocycles. The Morgan fingerprint density at radius 1 is 1.03 bits per heavy atom. The van der Waals surface area contributed by atoms with E-state index in [1.165, 1.54) is 31.2 Å². The first-order chi connectivity index (χ1) is 14.2. The molecule has 1 atom stereocenters. The molecule has 9 heteroatoms. The number of imide groups is 1. The monoisotopic (exact) mass is 429 g/mol. The zero-order valence-corrected chi connectivity index (χ0v) is 17.5. The summed E-state index contributed by atoms with van der Waals surface area (Å²) in [7, 11) is -3.82. The van der Waals surface area contributed by atoms with Gasteiger partial charge in [-0.3, -0.25) is 24.4 Å². The van der Waals surface area contributed by atoms with Crippen molar-refractivity contribution in [3.05, 3.63) is 54.1 Å². The molecule has 3 amide bonds. The van der Waals surface area contributed by atoms with Gasteiger partial charge in [0.05, 0.1) is 10.3 Å². The fraction of sp³-hybridized carbons (Fsp3) is 0.286. The van der Waals surface area contributed by atoms with Crippen molar-refractivity contribution in [3.8, 4) is 0 Å². The summed E-state index contributed by atoms with van der Waals surface area (Å²) in [5, 5.41) is 4.97. The van der Waals surface area contributed by atoms with Crippen LogP contribution in [0.2, 0.25) is 0 Å². The second kappa shape index (κ2) is 8.27. The molecule has 2 aromatic rings. The lowest BCUT2D eigenvalue weighted by molar-refractivity contribution is -0.138. The molecule has 0 radical (unpaired) electrons. The van der Waals surface area contributed by atoms with Gasteiger partial charge in [0.2, 0.25) is 17.7 Å². The van der Waals surface area contributed by atoms with E-state index < -0.39 is 15.4 Å². The van der Waals surface area contributed by atoms with Crippen LogP contribution in [0.1, 0.15) is 38.7 Å². The number of hydrogen-bond donors (Lipinski definition) is 3. The molecule has 1 fully saturated rings. The first kappa shape index (κ1) is 21.5. The van der Waals surface area contributed by atoms with Crippen LogP contribution in [0.25, 0.3) is 0 Å². The van der Waals surface area contributed by atoms with Crippen molar-refractivity contribution in [1.82, 2.24) is 5.32 Å². The Bertz CT molecular complexity index is 1080. The molecule has 0 bridgehead atoms. The normalized spacial score (nSPS) is 19.1. The van der Waals surface area contributed by atoms with Crippen molar-refractivity contribution in [2.75, 3.05) is 10.0 Å². The standard InChI is InChI=1S/C21H23N3O5S/c1-3-21(13-12-19(26)23-20(21)27)15-4-6-17(7-5-15)24-30(28,29)18-10-8-16(9-11-18)22-14(2)25/h4-11,24H,3,12-13H2,1-2H3,(H,22,25)(H,23,26,27). The Labute approximate surface area is 175 Å². The molecular formula is C21H23N3O5S. The predicted molar refractivity (Wildman–Crippen MR) is 112 cm³/mol. The lowest BCUT2D eigenvalue weighted by Crippen LogP contribution is -2.51. The van der Waals surface area contributed by atoms with E-state index in [0.717, 1.165) is 5.56 Å². The number of carbonyl (C=O) groups excluding carboxylic acids is 3. The van der Waals surface area contributed by atoms with Crippen LogP contribution in [-0.2, 0) is 29.8 Å². The number of carbonyl (C=O) groups is 3. The van der Waals surface area contributed by atoms with Crippen molar-refractivity contribution in [3.63, 3.8) is 0 Å². The van der Waals surface area contributed by atoms with Crippen LogP contribution in [0, 0.1) is 0 Å². The molecular weight excluding hydrogens is 406 g/mol. The van der Waals surface area contributed by atoms with Crippen LogP contribution in [0.3, 0.4) is 0 Å². The van der Waals surface area contributed by atoms with E-state index in [1.54, 1.807) is 24.3 Å². The maximum absolute atomic E-state index is 12.6. The van der Waals surface area contributed by atoms with E-state index in [2.05, 4.69) is 15.4 Å². The van der Waals surface area contributed by atoms with Crippen molar-refractivity contribution in [1.29, 1.82) is 0 Å². The molecule has 1 aliphatic rings. The van der Waals surface area contributed by atoms with Crippen LogP contribution < -0.4 is 15.4 Å². The highest BCUT2D eigenvalue weighted by atomic mass is 32.2. The van der Waals surface area contributed by atoms with E-state index in [-0.39, 0.29) is 29.0 Å². The van der Waals surface area contributed by atoms with Gasteiger partial charge in [-0.25, -0.2) is 8.42 Å². The number of benzene rings is 2. The molecule has 0 aliphatic carbocycles. The van der Waals surface area contributed by atoms with Crippen molar-refractivity contribution in [2.24, 2.45) is 0 Å². The summed E-state index contributed by atoms with van der Waals surface area (Å²) in [4.78, 5) is 35.1. The quantitative estimate of drug-likeness (QED) is 0.609. The molecule has 1 saturated heterocycles. The third kappa shape index (κ3) is 4.35. The highest BCUT2D eigenvalue weighted by Crippen LogP contribution is 2.36. The van der Waals surface area contributed by atoms with Gasteiger partial charge in [-0.2, -0.15) is 0 Å². The average molecular weight is 429 g/mol. The lowest BCUT2D eigenvalue weighted by Gasteiger charge is -2.35. The molecule has 3 N–H and O–H groups in total. The Morgan fingerprint density at radius 2 is 1.63 bits per heavy atom. The van der Waals surface area contributed by atoms with E-state index in [0.29, 0.717) is 24.2 Å². The smallest absolute Gasteiger partial charge is 0.261 e. The first-order valence-corrected chi connectivity index (χ1v) is 11.0. The summed E-state index contributed by atoms with van der Waals surface area (Å²) in [6.45, 7) is 3.25. The highest BCUT2D eigenvalue weighted by Gasteiger charge is 2.42. The first-order valence-electron chi connectivity index (χ1n) is 9.51. The minimum atomic E-state index is -3.82. The van der Waals surface area contributed by atoms with Crippen LogP contribution in [-0.4, -0.2) is 26.1 Å². The summed E-state index contributed by atoms with van der Waals surface area (Å²) >= 11 is 0. The zero-order chi connectivity index (χ0) is 21.9. The fourth-order valence-electron chi connectivity index (χ4n) is 3.56. The molecule has 8 nitrogen and oxygen atoms in total. The number of hydrogen-bond acceptors (Lipinski definition) is 5. The van der Waals surface area contributed by atoms with Crippen molar-refractivity contribution >= 4 is 39.1 Å². The Kier molecular flexibility index (Phi) is 5.93. The van der Waals surface area contributed by atoms with E-state index in [4.69, 9.17) is 0 Å². The van der Waals surface area contributed by atoms with Gasteiger partial charge < -0.3 is 5.32 Å². The summed E-state index contributed by atoms with van der Waals surface area (Å²) < 4.78 is 27.8. The Morgan fingerprint density at radius 3 is 2.17 bits per heavy atom. The minimum Gasteiger partial charge on any atom is -0.326 e. The maximum atomic E-state index is 12.6. The SMILES string of the molecule is CCC1(c2ccc(NS(=O)(=O)c3ccc(NC(C)=O)cc3)cc2)CCC(=O)NC1=O. The summed E-state index contributed by atoms with van der Waals surface area (Å²) in [5.74, 6) is -0.850. The lowest BCUT2D eigenvalue weighted by atomic mass is 9.72. The Balaban J connectivity index is 1.78. The van der Waals surface area contributed by atoms with E-state index in [1.807, 2.05) is 6.92 Å². The molecule has 30 heavy (non-hydrogen) atoms. The highest BCUT2D eigenvalue weighted by molar-refractivity contribution is 7.92. The van der Waals surface area contributed by atoms with Crippen molar-refractivity contribution < 1.29 is 22.8 Å². The molecule has 1 unspecified atom stereocenters. The molecule has 1 heterocycles. The van der Waals surface area contributed by atoms with E-state index in [9.17, 15) is 22.8 Å². The van der Waals surface area contributed by atoms with Crippen molar-refractivity contribution in [2.45, 2.75) is 43.4 Å². The Hall–Kier alpha value is -3.20. The number of anilines is 2. The molecule has 158 valence electrons. The van der Waals surface area contributed by atoms with Gasteiger partial charge >= 0.3 is 0 Å². The fourth-order valence-corrected chi connectivity index (χ4v) is 4.62. The molecule has 0 saturated carbocycles. The second-order valence-corrected chi connectivity index (χ2v) is 8.88. The molecule has 3 rings (SSSR count). The van der Waals surface area contributed by atoms with Crippen LogP contribution >= 0.6 is 0 Å². The van der Waals surface area contributed by atoms with Gasteiger partial charge in [-0.1, -0.05) is 19.1 Å². The number of nitrogens with one attached hydrogen (secondary N) is 3. The molecule has 0 spiro atoms. The maximum Gasteiger partial charge on any atom is 0.261 e. The third-order valence-electron chi connectivity index (χ3n) is 5.24. The summed E-state index contributed by atoms with van der Waals surface area (Å²) in [6, 6.07) is 12.4. The van der Waals surface area contributed by atoms with Gasteiger partial charge in [-0.05, 0) is 54.8 Å². The number of sulfonamides is 1. The third-order valence-corrected chi connectivity index (χ3v) is 6.64. The van der Waals surface area contributed by atoms with Gasteiger partial charge in [-0.15, -0.1) is 0 Å². The minimum absolute atomic E-state index is 0.0517. The summed E-state index contributed by atoms with van der Waals surface area (Å²) in [6.07, 6.45) is 1.21. The number of amides is 3.